The highest BCUT2D eigenvalue weighted by Crippen LogP contribution is 2.19. The molecule has 0 aromatic carbocycles. The molecule has 16 heavy (non-hydrogen) atoms. The van der Waals surface area contributed by atoms with Crippen molar-refractivity contribution in [2.45, 2.75) is 38.8 Å². The van der Waals surface area contributed by atoms with E-state index >= 15 is 0 Å². The van der Waals surface area contributed by atoms with Crippen LogP contribution in [0.3, 0.4) is 0 Å². The van der Waals surface area contributed by atoms with Crippen molar-refractivity contribution in [1.29, 1.82) is 0 Å². The molecule has 4 nitrogen and oxygen atoms in total. The van der Waals surface area contributed by atoms with E-state index in [1.54, 1.807) is 7.11 Å². The summed E-state index contributed by atoms with van der Waals surface area (Å²) in [6.45, 7) is 5.71. The highest BCUT2D eigenvalue weighted by atomic mass is 16.5. The molecule has 1 unspecified atom stereocenters. The summed E-state index contributed by atoms with van der Waals surface area (Å²) in [5, 5.41) is 3.36. The van der Waals surface area contributed by atoms with Crippen molar-refractivity contribution in [3.8, 4) is 0 Å². The summed E-state index contributed by atoms with van der Waals surface area (Å²) in [7, 11) is 3.54. The first kappa shape index (κ1) is 13.5. The number of nitrogens with one attached hydrogen (secondary N) is 1. The molecule has 4 heteroatoms. The smallest absolute Gasteiger partial charge is 0.225 e. The molecule has 1 saturated heterocycles. The lowest BCUT2D eigenvalue weighted by Gasteiger charge is -2.32. The molecule has 1 N–H and O–H groups in total. The summed E-state index contributed by atoms with van der Waals surface area (Å²) >= 11 is 0. The second-order valence-electron chi connectivity index (χ2n) is 4.83. The lowest BCUT2D eigenvalue weighted by Crippen LogP contribution is -2.46. The molecular formula is C12H24N2O2. The minimum absolute atomic E-state index is 0.155. The number of ether oxygens (including phenoxy) is 1. The molecule has 94 valence electrons. The fraction of sp³-hybridized carbons (Fsp3) is 0.917. The van der Waals surface area contributed by atoms with Gasteiger partial charge in [-0.1, -0.05) is 0 Å². The Morgan fingerprint density at radius 2 is 2.31 bits per heavy atom. The van der Waals surface area contributed by atoms with Crippen LogP contribution >= 0.6 is 0 Å². The van der Waals surface area contributed by atoms with Crippen LogP contribution in [-0.2, 0) is 9.53 Å². The maximum Gasteiger partial charge on any atom is 0.225 e. The Bertz CT molecular complexity index is 233. The van der Waals surface area contributed by atoms with Gasteiger partial charge >= 0.3 is 0 Å². The molecule has 0 aromatic rings. The third kappa shape index (κ3) is 3.46. The molecule has 0 radical (unpaired) electrons. The number of rotatable bonds is 4. The van der Waals surface area contributed by atoms with Crippen molar-refractivity contribution in [3.63, 3.8) is 0 Å². The highest BCUT2D eigenvalue weighted by molar-refractivity contribution is 5.79. The second kappa shape index (κ2) is 6.21. The summed E-state index contributed by atoms with van der Waals surface area (Å²) in [4.78, 5) is 14.0. The summed E-state index contributed by atoms with van der Waals surface area (Å²) in [6, 6.07) is 0.608. The van der Waals surface area contributed by atoms with E-state index in [-0.39, 0.29) is 17.9 Å². The van der Waals surface area contributed by atoms with Gasteiger partial charge in [0.25, 0.3) is 0 Å². The van der Waals surface area contributed by atoms with Gasteiger partial charge in [-0.2, -0.15) is 0 Å². The average Bonchev–Trinajstić information content (AvgIpc) is 2.27. The number of hydrogen-bond acceptors (Lipinski definition) is 3. The fourth-order valence-electron chi connectivity index (χ4n) is 2.21. The van der Waals surface area contributed by atoms with Crippen LogP contribution in [0.15, 0.2) is 0 Å². The Balaban J connectivity index is 2.48. The number of methoxy groups -OCH3 is 1. The number of piperidine rings is 1. The molecule has 1 fully saturated rings. The molecule has 1 heterocycles. The van der Waals surface area contributed by atoms with Gasteiger partial charge in [0.05, 0.1) is 12.6 Å². The van der Waals surface area contributed by atoms with E-state index in [0.717, 1.165) is 19.4 Å². The zero-order chi connectivity index (χ0) is 12.1. The summed E-state index contributed by atoms with van der Waals surface area (Å²) in [5.41, 5.74) is 0. The number of likely N-dealkylation sites (N-methyl/N-ethyl adjacent to an activating group) is 1. The predicted molar refractivity (Wildman–Crippen MR) is 64.3 cm³/mol. The molecule has 0 saturated carbocycles. The Kier molecular flexibility index (Phi) is 5.22. The maximum absolute atomic E-state index is 12.2. The molecule has 0 spiro atoms. The van der Waals surface area contributed by atoms with Gasteiger partial charge in [-0.25, -0.2) is 0 Å². The van der Waals surface area contributed by atoms with Crippen LogP contribution in [-0.4, -0.2) is 50.2 Å². The molecule has 0 aliphatic carbocycles. The molecular weight excluding hydrogens is 204 g/mol. The lowest BCUT2D eigenvalue weighted by molar-refractivity contribution is -0.138. The minimum atomic E-state index is 0.155. The van der Waals surface area contributed by atoms with Gasteiger partial charge in [-0.15, -0.1) is 0 Å². The summed E-state index contributed by atoms with van der Waals surface area (Å²) < 4.78 is 5.08. The third-order valence-corrected chi connectivity index (χ3v) is 3.39. The average molecular weight is 228 g/mol. The van der Waals surface area contributed by atoms with E-state index in [4.69, 9.17) is 4.74 Å². The predicted octanol–water partition coefficient (Wildman–Crippen LogP) is 0.868. The SMILES string of the molecule is COCC(C)N(C)C(=O)[C@H]1CCN[C@@H](C)C1. The van der Waals surface area contributed by atoms with Crippen molar-refractivity contribution in [2.75, 3.05) is 27.3 Å². The number of nitrogens with zero attached hydrogens (tertiary/aromatic N) is 1. The van der Waals surface area contributed by atoms with Crippen molar-refractivity contribution in [1.82, 2.24) is 10.2 Å². The van der Waals surface area contributed by atoms with Crippen LogP contribution in [0.5, 0.6) is 0 Å². The van der Waals surface area contributed by atoms with E-state index < -0.39 is 0 Å². The van der Waals surface area contributed by atoms with Crippen LogP contribution in [0.25, 0.3) is 0 Å². The normalized spacial score (nSPS) is 27.5. The first-order chi connectivity index (χ1) is 7.56. The van der Waals surface area contributed by atoms with E-state index in [2.05, 4.69) is 12.2 Å². The fourth-order valence-corrected chi connectivity index (χ4v) is 2.21. The third-order valence-electron chi connectivity index (χ3n) is 3.39. The largest absolute Gasteiger partial charge is 0.383 e. The van der Waals surface area contributed by atoms with Gasteiger partial charge in [0, 0.05) is 26.1 Å². The number of hydrogen-bond donors (Lipinski definition) is 1. The van der Waals surface area contributed by atoms with Gasteiger partial charge in [-0.05, 0) is 33.2 Å². The zero-order valence-corrected chi connectivity index (χ0v) is 10.8. The van der Waals surface area contributed by atoms with Gasteiger partial charge < -0.3 is 15.0 Å². The highest BCUT2D eigenvalue weighted by Gasteiger charge is 2.28. The standard InChI is InChI=1S/C12H24N2O2/c1-9-7-11(5-6-13-9)12(15)14(3)10(2)8-16-4/h9-11,13H,5-8H2,1-4H3/t9-,10?,11-/m0/s1. The van der Waals surface area contributed by atoms with Gasteiger partial charge in [0.15, 0.2) is 0 Å². The van der Waals surface area contributed by atoms with E-state index in [0.29, 0.717) is 12.6 Å². The van der Waals surface area contributed by atoms with E-state index in [1.807, 2.05) is 18.9 Å². The Hall–Kier alpha value is -0.610. The Morgan fingerprint density at radius 1 is 1.62 bits per heavy atom. The number of carbonyl (C=O) groups excluding carboxylic acids is 1. The molecule has 3 atom stereocenters. The van der Waals surface area contributed by atoms with Crippen molar-refractivity contribution in [3.05, 3.63) is 0 Å². The number of amides is 1. The minimum Gasteiger partial charge on any atom is -0.383 e. The topological polar surface area (TPSA) is 41.6 Å². The summed E-state index contributed by atoms with van der Waals surface area (Å²) in [5.74, 6) is 0.443. The van der Waals surface area contributed by atoms with Gasteiger partial charge in [-0.3, -0.25) is 4.79 Å². The second-order valence-corrected chi connectivity index (χ2v) is 4.83. The van der Waals surface area contributed by atoms with Crippen molar-refractivity contribution < 1.29 is 9.53 Å². The van der Waals surface area contributed by atoms with Gasteiger partial charge in [0.1, 0.15) is 0 Å². The van der Waals surface area contributed by atoms with Crippen LogP contribution < -0.4 is 5.32 Å². The number of carbonyl (C=O) groups is 1. The molecule has 1 aliphatic heterocycles. The molecule has 1 aliphatic rings. The van der Waals surface area contributed by atoms with Crippen LogP contribution in [0, 0.1) is 5.92 Å². The zero-order valence-electron chi connectivity index (χ0n) is 10.8. The van der Waals surface area contributed by atoms with Crippen LogP contribution in [0.1, 0.15) is 26.7 Å². The first-order valence-corrected chi connectivity index (χ1v) is 6.05. The summed E-state index contributed by atoms with van der Waals surface area (Å²) in [6.07, 6.45) is 1.90. The van der Waals surface area contributed by atoms with Crippen LogP contribution in [0.4, 0.5) is 0 Å². The Labute approximate surface area is 98.3 Å². The molecule has 0 aromatic heterocycles. The van der Waals surface area contributed by atoms with Crippen molar-refractivity contribution >= 4 is 5.91 Å². The lowest BCUT2D eigenvalue weighted by atomic mass is 9.92. The maximum atomic E-state index is 12.2. The van der Waals surface area contributed by atoms with Crippen molar-refractivity contribution in [2.24, 2.45) is 5.92 Å². The van der Waals surface area contributed by atoms with E-state index in [9.17, 15) is 4.79 Å². The van der Waals surface area contributed by atoms with E-state index in [1.165, 1.54) is 0 Å². The van der Waals surface area contributed by atoms with Gasteiger partial charge in [0.2, 0.25) is 5.91 Å². The van der Waals surface area contributed by atoms with Crippen LogP contribution in [0.2, 0.25) is 0 Å². The molecule has 1 rings (SSSR count). The monoisotopic (exact) mass is 228 g/mol. The molecule has 0 bridgehead atoms. The molecule has 1 amide bonds. The first-order valence-electron chi connectivity index (χ1n) is 6.05. The quantitative estimate of drug-likeness (QED) is 0.776. The Morgan fingerprint density at radius 3 is 2.88 bits per heavy atom.